The highest BCUT2D eigenvalue weighted by atomic mass is 79.9. The van der Waals surface area contributed by atoms with Crippen LogP contribution in [0.5, 0.6) is 0 Å². The fourth-order valence-electron chi connectivity index (χ4n) is 3.72. The molecule has 0 bridgehead atoms. The molecule has 2 heterocycles. The third-order valence-electron chi connectivity index (χ3n) is 5.28. The first-order valence-corrected chi connectivity index (χ1v) is 11.6. The Morgan fingerprint density at radius 2 is 1.84 bits per heavy atom. The van der Waals surface area contributed by atoms with Crippen LogP contribution >= 0.6 is 39.1 Å². The highest BCUT2D eigenvalue weighted by Crippen LogP contribution is 2.28. The molecule has 2 aromatic heterocycles. The maximum atomic E-state index is 13.2. The Kier molecular flexibility index (Phi) is 6.30. The van der Waals surface area contributed by atoms with E-state index >= 15 is 0 Å². The van der Waals surface area contributed by atoms with Crippen molar-refractivity contribution < 1.29 is 0 Å². The van der Waals surface area contributed by atoms with Gasteiger partial charge in [0.15, 0.2) is 0 Å². The molecule has 0 saturated heterocycles. The van der Waals surface area contributed by atoms with Gasteiger partial charge in [0, 0.05) is 32.4 Å². The second kappa shape index (κ2) is 8.85. The van der Waals surface area contributed by atoms with Gasteiger partial charge in [-0.3, -0.25) is 4.79 Å². The average molecular weight is 532 g/mol. The van der Waals surface area contributed by atoms with Crippen LogP contribution in [-0.4, -0.2) is 20.4 Å². The number of aromatic nitrogens is 3. The first-order chi connectivity index (χ1) is 15.2. The van der Waals surface area contributed by atoms with E-state index in [2.05, 4.69) is 21.0 Å². The van der Waals surface area contributed by atoms with Crippen molar-refractivity contribution in [3.8, 4) is 5.69 Å². The van der Waals surface area contributed by atoms with Crippen molar-refractivity contribution in [1.82, 2.24) is 14.2 Å². The van der Waals surface area contributed by atoms with Gasteiger partial charge >= 0.3 is 0 Å². The number of aryl methyl sites for hydroxylation is 1. The van der Waals surface area contributed by atoms with Gasteiger partial charge in [-0.2, -0.15) is 9.78 Å². The van der Waals surface area contributed by atoms with Gasteiger partial charge < -0.3 is 4.57 Å². The second-order valence-corrected chi connectivity index (χ2v) is 9.66. The molecule has 5 nitrogen and oxygen atoms in total. The van der Waals surface area contributed by atoms with E-state index < -0.39 is 0 Å². The number of benzene rings is 2. The molecule has 4 aromatic rings. The Bertz CT molecular complexity index is 1440. The van der Waals surface area contributed by atoms with Crippen molar-refractivity contribution in [2.24, 2.45) is 5.10 Å². The highest BCUT2D eigenvalue weighted by molar-refractivity contribution is 9.10. The summed E-state index contributed by atoms with van der Waals surface area (Å²) in [6.45, 7) is 7.97. The smallest absolute Gasteiger partial charge is 0.282 e. The largest absolute Gasteiger partial charge is 0.316 e. The van der Waals surface area contributed by atoms with E-state index in [1.807, 2.05) is 62.6 Å². The van der Waals surface area contributed by atoms with Crippen molar-refractivity contribution in [3.63, 3.8) is 0 Å². The summed E-state index contributed by atoms with van der Waals surface area (Å²) in [7, 11) is 0. The normalized spacial score (nSPS) is 11.9. The van der Waals surface area contributed by atoms with E-state index in [0.717, 1.165) is 27.1 Å². The summed E-state index contributed by atoms with van der Waals surface area (Å²) < 4.78 is 4.25. The Labute approximate surface area is 204 Å². The molecule has 0 saturated carbocycles. The summed E-state index contributed by atoms with van der Waals surface area (Å²) in [5.74, 6) is 0.629. The topological polar surface area (TPSA) is 52.2 Å². The summed E-state index contributed by atoms with van der Waals surface area (Å²) in [6.07, 6.45) is 1.70. The van der Waals surface area contributed by atoms with Crippen LogP contribution in [0.4, 0.5) is 0 Å². The molecule has 0 aliphatic carbocycles. The summed E-state index contributed by atoms with van der Waals surface area (Å²) >= 11 is 15.9. The minimum absolute atomic E-state index is 0.0215. The molecule has 2 aromatic carbocycles. The number of hydrogen-bond acceptors (Lipinski definition) is 3. The summed E-state index contributed by atoms with van der Waals surface area (Å²) in [5.41, 5.74) is 4.11. The molecule has 32 heavy (non-hydrogen) atoms. The summed E-state index contributed by atoms with van der Waals surface area (Å²) in [6, 6.07) is 12.9. The molecule has 0 aliphatic heterocycles. The monoisotopic (exact) mass is 530 g/mol. The predicted octanol–water partition coefficient (Wildman–Crippen LogP) is 6.88. The van der Waals surface area contributed by atoms with Gasteiger partial charge in [-0.1, -0.05) is 53.0 Å². The Balaban J connectivity index is 1.84. The number of nitrogens with zero attached hydrogens (tertiary/aromatic N) is 4. The zero-order valence-corrected chi connectivity index (χ0v) is 21.1. The lowest BCUT2D eigenvalue weighted by atomic mass is 10.2. The molecule has 0 unspecified atom stereocenters. The molecular weight excluding hydrogens is 511 g/mol. The second-order valence-electron chi connectivity index (χ2n) is 7.91. The molecular formula is C24H21BrCl2N4O. The van der Waals surface area contributed by atoms with Crippen molar-refractivity contribution in [2.75, 3.05) is 0 Å². The van der Waals surface area contributed by atoms with Gasteiger partial charge in [0.1, 0.15) is 5.82 Å². The van der Waals surface area contributed by atoms with Crippen LogP contribution in [0.3, 0.4) is 0 Å². The van der Waals surface area contributed by atoms with Crippen LogP contribution < -0.4 is 5.56 Å². The molecule has 0 fully saturated rings. The lowest BCUT2D eigenvalue weighted by Crippen LogP contribution is -2.23. The van der Waals surface area contributed by atoms with E-state index in [9.17, 15) is 4.79 Å². The minimum atomic E-state index is -0.203. The molecule has 0 spiro atoms. The Morgan fingerprint density at radius 1 is 1.09 bits per heavy atom. The molecule has 0 aliphatic rings. The van der Waals surface area contributed by atoms with Gasteiger partial charge in [0.2, 0.25) is 0 Å². The third-order valence-corrected chi connectivity index (χ3v) is 6.31. The SMILES string of the molecule is Cc1cc(C=Nn2c(C(C)C)nc3ccc(Br)cc3c2=O)c(C)n1-c1ccc(Cl)cc1Cl. The fourth-order valence-corrected chi connectivity index (χ4v) is 4.58. The van der Waals surface area contributed by atoms with Crippen molar-refractivity contribution in [1.29, 1.82) is 0 Å². The van der Waals surface area contributed by atoms with Crippen LogP contribution in [0.15, 0.2) is 56.8 Å². The standard InChI is InChI=1S/C24H21BrCl2N4O/c1-13(2)23-29-21-7-5-17(25)10-19(21)24(32)31(23)28-12-16-9-14(3)30(15(16)4)22-8-6-18(26)11-20(22)27/h5-13H,1-4H3. The maximum absolute atomic E-state index is 13.2. The Hall–Kier alpha value is -2.41. The zero-order chi connectivity index (χ0) is 23.2. The molecule has 164 valence electrons. The van der Waals surface area contributed by atoms with E-state index in [1.165, 1.54) is 4.68 Å². The molecule has 4 rings (SSSR count). The third kappa shape index (κ3) is 4.15. The van der Waals surface area contributed by atoms with Crippen molar-refractivity contribution in [3.05, 3.63) is 90.1 Å². The van der Waals surface area contributed by atoms with Gasteiger partial charge in [-0.05, 0) is 56.3 Å². The molecule has 0 N–H and O–H groups in total. The summed E-state index contributed by atoms with van der Waals surface area (Å²) in [5, 5.41) is 6.21. The number of rotatable bonds is 4. The van der Waals surface area contributed by atoms with Gasteiger partial charge in [-0.15, -0.1) is 0 Å². The quantitative estimate of drug-likeness (QED) is 0.269. The van der Waals surface area contributed by atoms with E-state index in [0.29, 0.717) is 26.8 Å². The summed E-state index contributed by atoms with van der Waals surface area (Å²) in [4.78, 5) is 17.9. The molecule has 8 heteroatoms. The fraction of sp³-hybridized carbons (Fsp3) is 0.208. The highest BCUT2D eigenvalue weighted by Gasteiger charge is 2.15. The number of halogens is 3. The molecule has 0 radical (unpaired) electrons. The van der Waals surface area contributed by atoms with Crippen LogP contribution in [0.1, 0.15) is 42.5 Å². The van der Waals surface area contributed by atoms with Crippen molar-refractivity contribution in [2.45, 2.75) is 33.6 Å². The van der Waals surface area contributed by atoms with Gasteiger partial charge in [0.05, 0.1) is 27.8 Å². The zero-order valence-electron chi connectivity index (χ0n) is 18.0. The minimum Gasteiger partial charge on any atom is -0.316 e. The van der Waals surface area contributed by atoms with Crippen LogP contribution in [0, 0.1) is 13.8 Å². The number of fused-ring (bicyclic) bond motifs is 1. The first kappa shape index (κ1) is 22.8. The van der Waals surface area contributed by atoms with Gasteiger partial charge in [-0.25, -0.2) is 4.98 Å². The lowest BCUT2D eigenvalue weighted by Gasteiger charge is -2.12. The predicted molar refractivity (Wildman–Crippen MR) is 136 cm³/mol. The maximum Gasteiger partial charge on any atom is 0.282 e. The van der Waals surface area contributed by atoms with E-state index in [1.54, 1.807) is 18.3 Å². The molecule has 0 amide bonds. The van der Waals surface area contributed by atoms with Crippen molar-refractivity contribution >= 4 is 56.2 Å². The lowest BCUT2D eigenvalue weighted by molar-refractivity contribution is 0.665. The molecule has 0 atom stereocenters. The number of hydrogen-bond donors (Lipinski definition) is 0. The van der Waals surface area contributed by atoms with Crippen LogP contribution in [0.25, 0.3) is 16.6 Å². The van der Waals surface area contributed by atoms with Crippen LogP contribution in [0.2, 0.25) is 10.0 Å². The average Bonchev–Trinajstić information content (AvgIpc) is 3.01. The Morgan fingerprint density at radius 3 is 2.53 bits per heavy atom. The first-order valence-electron chi connectivity index (χ1n) is 10.1. The van der Waals surface area contributed by atoms with E-state index in [4.69, 9.17) is 28.2 Å². The van der Waals surface area contributed by atoms with Gasteiger partial charge in [0.25, 0.3) is 5.56 Å². The van der Waals surface area contributed by atoms with Crippen LogP contribution in [-0.2, 0) is 0 Å². The van der Waals surface area contributed by atoms with E-state index in [-0.39, 0.29) is 11.5 Å².